The summed E-state index contributed by atoms with van der Waals surface area (Å²) in [7, 11) is 1.88. The Hall–Kier alpha value is -1.62. The van der Waals surface area contributed by atoms with Crippen LogP contribution in [-0.2, 0) is 4.79 Å². The third-order valence-corrected chi connectivity index (χ3v) is 6.08. The molecule has 0 aromatic heterocycles. The normalized spacial score (nSPS) is 24.7. The van der Waals surface area contributed by atoms with Crippen LogP contribution < -0.4 is 10.6 Å². The fraction of sp³-hybridized carbons (Fsp3) is 0.579. The van der Waals surface area contributed by atoms with Gasteiger partial charge < -0.3 is 15.5 Å². The first-order chi connectivity index (χ1) is 11.4. The Morgan fingerprint density at radius 2 is 2.08 bits per heavy atom. The maximum Gasteiger partial charge on any atom is 0.243 e. The highest BCUT2D eigenvalue weighted by molar-refractivity contribution is 7.80. The van der Waals surface area contributed by atoms with Crippen molar-refractivity contribution in [1.82, 2.24) is 10.2 Å². The second kappa shape index (κ2) is 7.09. The topological polar surface area (TPSA) is 44.4 Å². The third kappa shape index (κ3) is 3.72. The smallest absolute Gasteiger partial charge is 0.243 e. The molecule has 2 saturated carbocycles. The van der Waals surface area contributed by atoms with Crippen molar-refractivity contribution in [1.29, 1.82) is 0 Å². The van der Waals surface area contributed by atoms with Crippen LogP contribution in [0.1, 0.15) is 36.8 Å². The Morgan fingerprint density at radius 1 is 1.29 bits per heavy atom. The third-order valence-electron chi connectivity index (χ3n) is 5.65. The maximum absolute atomic E-state index is 12.3. The molecule has 0 spiro atoms. The second-order valence-corrected chi connectivity index (χ2v) is 7.77. The van der Waals surface area contributed by atoms with Gasteiger partial charge in [-0.1, -0.05) is 18.6 Å². The summed E-state index contributed by atoms with van der Waals surface area (Å²) in [6.45, 7) is 4.33. The number of thiocarbonyl (C=S) groups is 1. The summed E-state index contributed by atoms with van der Waals surface area (Å²) in [4.78, 5) is 14.2. The summed E-state index contributed by atoms with van der Waals surface area (Å²) in [6, 6.07) is 6.45. The zero-order valence-electron chi connectivity index (χ0n) is 14.8. The van der Waals surface area contributed by atoms with Crippen LogP contribution in [0.5, 0.6) is 0 Å². The van der Waals surface area contributed by atoms with Crippen LogP contribution in [0.15, 0.2) is 18.2 Å². The lowest BCUT2D eigenvalue weighted by Crippen LogP contribution is -2.47. The average molecular weight is 346 g/mol. The van der Waals surface area contributed by atoms with E-state index in [0.717, 1.165) is 23.1 Å². The Morgan fingerprint density at radius 3 is 2.75 bits per heavy atom. The van der Waals surface area contributed by atoms with Gasteiger partial charge in [-0.2, -0.15) is 0 Å². The van der Waals surface area contributed by atoms with Crippen LogP contribution in [-0.4, -0.2) is 35.6 Å². The number of hydrogen-bond donors (Lipinski definition) is 2. The van der Waals surface area contributed by atoms with Gasteiger partial charge in [0.15, 0.2) is 5.11 Å². The van der Waals surface area contributed by atoms with Gasteiger partial charge in [0.05, 0.1) is 6.54 Å². The molecule has 2 N–H and O–H groups in total. The number of fused-ring (bicyclic) bond motifs is 2. The molecule has 130 valence electrons. The van der Waals surface area contributed by atoms with Gasteiger partial charge in [0.2, 0.25) is 5.91 Å². The SMILES string of the molecule is Cc1cccc(NC(=O)CN(C)C(=S)NC2CC3CCC2C3)c1C. The highest BCUT2D eigenvalue weighted by Gasteiger charge is 2.39. The van der Waals surface area contributed by atoms with Crippen molar-refractivity contribution in [3.8, 4) is 0 Å². The van der Waals surface area contributed by atoms with Crippen molar-refractivity contribution in [2.45, 2.75) is 45.6 Å². The van der Waals surface area contributed by atoms with Crippen molar-refractivity contribution in [3.63, 3.8) is 0 Å². The number of nitrogens with one attached hydrogen (secondary N) is 2. The number of amides is 1. The molecule has 0 aliphatic heterocycles. The number of aryl methyl sites for hydroxylation is 1. The fourth-order valence-corrected chi connectivity index (χ4v) is 4.27. The Balaban J connectivity index is 1.50. The summed E-state index contributed by atoms with van der Waals surface area (Å²) in [5.41, 5.74) is 3.16. The molecule has 5 heteroatoms. The van der Waals surface area contributed by atoms with E-state index in [1.165, 1.54) is 31.2 Å². The summed E-state index contributed by atoms with van der Waals surface area (Å²) in [5, 5.41) is 7.15. The van der Waals surface area contributed by atoms with E-state index in [9.17, 15) is 4.79 Å². The van der Waals surface area contributed by atoms with Crippen molar-refractivity contribution in [2.24, 2.45) is 11.8 Å². The molecule has 2 aliphatic carbocycles. The van der Waals surface area contributed by atoms with Crippen LogP contribution in [0.4, 0.5) is 5.69 Å². The molecule has 3 atom stereocenters. The minimum Gasteiger partial charge on any atom is -0.360 e. The van der Waals surface area contributed by atoms with Gasteiger partial charge in [0.25, 0.3) is 0 Å². The van der Waals surface area contributed by atoms with Gasteiger partial charge >= 0.3 is 0 Å². The highest BCUT2D eigenvalue weighted by atomic mass is 32.1. The quantitative estimate of drug-likeness (QED) is 0.823. The van der Waals surface area contributed by atoms with E-state index < -0.39 is 0 Å². The molecule has 1 amide bonds. The molecule has 0 heterocycles. The maximum atomic E-state index is 12.3. The molecule has 1 aromatic rings. The molecule has 0 saturated heterocycles. The molecule has 2 bridgehead atoms. The predicted molar refractivity (Wildman–Crippen MR) is 102 cm³/mol. The Labute approximate surface area is 150 Å². The molecule has 24 heavy (non-hydrogen) atoms. The number of carbonyl (C=O) groups is 1. The number of rotatable bonds is 4. The fourth-order valence-electron chi connectivity index (χ4n) is 4.05. The van der Waals surface area contributed by atoms with Crippen molar-refractivity contribution in [2.75, 3.05) is 18.9 Å². The summed E-state index contributed by atoms with van der Waals surface area (Å²) >= 11 is 5.49. The van der Waals surface area contributed by atoms with E-state index in [4.69, 9.17) is 12.2 Å². The number of anilines is 1. The lowest BCUT2D eigenvalue weighted by molar-refractivity contribution is -0.116. The summed E-state index contributed by atoms with van der Waals surface area (Å²) in [5.74, 6) is 1.61. The molecular weight excluding hydrogens is 318 g/mol. The second-order valence-electron chi connectivity index (χ2n) is 7.38. The standard InChI is InChI=1S/C19H27N3OS/c1-12-5-4-6-16(13(12)2)20-18(23)11-22(3)19(24)21-17-10-14-7-8-15(17)9-14/h4-6,14-15,17H,7-11H2,1-3H3,(H,20,23)(H,21,24). The number of hydrogen-bond acceptors (Lipinski definition) is 2. The summed E-state index contributed by atoms with van der Waals surface area (Å²) < 4.78 is 0. The van der Waals surface area contributed by atoms with Gasteiger partial charge in [-0.15, -0.1) is 0 Å². The summed E-state index contributed by atoms with van der Waals surface area (Å²) in [6.07, 6.45) is 5.27. The Kier molecular flexibility index (Phi) is 5.09. The molecule has 1 aromatic carbocycles. The Bertz CT molecular complexity index is 645. The average Bonchev–Trinajstić information content (AvgIpc) is 3.14. The number of benzene rings is 1. The van der Waals surface area contributed by atoms with E-state index >= 15 is 0 Å². The van der Waals surface area contributed by atoms with Crippen molar-refractivity contribution in [3.05, 3.63) is 29.3 Å². The molecular formula is C19H27N3OS. The van der Waals surface area contributed by atoms with E-state index in [1.807, 2.05) is 44.0 Å². The van der Waals surface area contributed by atoms with Gasteiger partial charge in [-0.25, -0.2) is 0 Å². The largest absolute Gasteiger partial charge is 0.360 e. The monoisotopic (exact) mass is 345 g/mol. The van der Waals surface area contributed by atoms with Crippen LogP contribution in [0, 0.1) is 25.7 Å². The number of nitrogens with zero attached hydrogens (tertiary/aromatic N) is 1. The zero-order valence-corrected chi connectivity index (χ0v) is 15.6. The first-order valence-electron chi connectivity index (χ1n) is 8.81. The van der Waals surface area contributed by atoms with Crippen LogP contribution in [0.2, 0.25) is 0 Å². The van der Waals surface area contributed by atoms with Crippen LogP contribution >= 0.6 is 12.2 Å². The van der Waals surface area contributed by atoms with E-state index in [0.29, 0.717) is 11.2 Å². The minimum atomic E-state index is -0.0386. The number of likely N-dealkylation sites (N-methyl/N-ethyl adjacent to an activating group) is 1. The molecule has 4 nitrogen and oxygen atoms in total. The minimum absolute atomic E-state index is 0.0386. The number of carbonyl (C=O) groups excluding carboxylic acids is 1. The first-order valence-corrected chi connectivity index (χ1v) is 9.22. The lowest BCUT2D eigenvalue weighted by Gasteiger charge is -2.28. The zero-order chi connectivity index (χ0) is 17.3. The molecule has 0 radical (unpaired) electrons. The van der Waals surface area contributed by atoms with Crippen molar-refractivity contribution >= 4 is 28.9 Å². The highest BCUT2D eigenvalue weighted by Crippen LogP contribution is 2.44. The molecule has 2 fully saturated rings. The van der Waals surface area contributed by atoms with E-state index in [2.05, 4.69) is 10.6 Å². The lowest BCUT2D eigenvalue weighted by atomic mass is 9.95. The molecule has 3 unspecified atom stereocenters. The van der Waals surface area contributed by atoms with Crippen molar-refractivity contribution < 1.29 is 4.79 Å². The molecule has 3 rings (SSSR count). The van der Waals surface area contributed by atoms with E-state index in [1.54, 1.807) is 0 Å². The van der Waals surface area contributed by atoms with Gasteiger partial charge in [-0.05, 0) is 74.4 Å². The van der Waals surface area contributed by atoms with Gasteiger partial charge in [0.1, 0.15) is 0 Å². The van der Waals surface area contributed by atoms with Crippen LogP contribution in [0.25, 0.3) is 0 Å². The van der Waals surface area contributed by atoms with E-state index in [-0.39, 0.29) is 12.5 Å². The predicted octanol–water partition coefficient (Wildman–Crippen LogP) is 3.24. The van der Waals surface area contributed by atoms with Gasteiger partial charge in [0, 0.05) is 18.8 Å². The van der Waals surface area contributed by atoms with Crippen LogP contribution in [0.3, 0.4) is 0 Å². The van der Waals surface area contributed by atoms with Gasteiger partial charge in [-0.3, -0.25) is 4.79 Å². The molecule has 2 aliphatic rings. The first kappa shape index (κ1) is 17.2.